The minimum atomic E-state index is -0.161. The van der Waals surface area contributed by atoms with Crippen molar-refractivity contribution in [2.75, 3.05) is 31.5 Å². The number of hydrogen-bond donors (Lipinski definition) is 2. The van der Waals surface area contributed by atoms with Crippen LogP contribution in [0, 0.1) is 5.92 Å². The SMILES string of the molecule is O=C(NC1CCCC1)c1ccc(NC(=O)N2CCN(C(=O)CC3CCCC3)CC2)cc1. The fourth-order valence-electron chi connectivity index (χ4n) is 5.00. The molecule has 7 heteroatoms. The van der Waals surface area contributed by atoms with Crippen LogP contribution in [-0.4, -0.2) is 59.9 Å². The second-order valence-corrected chi connectivity index (χ2v) is 9.18. The molecule has 1 heterocycles. The molecule has 0 radical (unpaired) electrons. The third-order valence-corrected chi connectivity index (χ3v) is 6.95. The van der Waals surface area contributed by atoms with Crippen LogP contribution in [0.1, 0.15) is 68.1 Å². The Kier molecular flexibility index (Phi) is 7.10. The Balaban J connectivity index is 1.21. The lowest BCUT2D eigenvalue weighted by Crippen LogP contribution is -2.51. The predicted molar refractivity (Wildman–Crippen MR) is 120 cm³/mol. The van der Waals surface area contributed by atoms with Crippen molar-refractivity contribution in [1.82, 2.24) is 15.1 Å². The normalized spacial score (nSPS) is 20.1. The average molecular weight is 427 g/mol. The minimum Gasteiger partial charge on any atom is -0.349 e. The molecule has 168 valence electrons. The van der Waals surface area contributed by atoms with Crippen LogP contribution in [0.3, 0.4) is 0 Å². The van der Waals surface area contributed by atoms with Crippen LogP contribution in [-0.2, 0) is 4.79 Å². The number of amides is 4. The Hall–Kier alpha value is -2.57. The number of rotatable bonds is 5. The fourth-order valence-corrected chi connectivity index (χ4v) is 5.00. The fraction of sp³-hybridized carbons (Fsp3) is 0.625. The molecule has 2 N–H and O–H groups in total. The van der Waals surface area contributed by atoms with Gasteiger partial charge in [-0.1, -0.05) is 25.7 Å². The summed E-state index contributed by atoms with van der Waals surface area (Å²) in [6.07, 6.45) is 9.98. The van der Waals surface area contributed by atoms with E-state index >= 15 is 0 Å². The molecule has 4 rings (SSSR count). The van der Waals surface area contributed by atoms with Gasteiger partial charge in [-0.05, 0) is 55.9 Å². The molecule has 1 aromatic rings. The first kappa shape index (κ1) is 21.7. The highest BCUT2D eigenvalue weighted by Gasteiger charge is 2.27. The summed E-state index contributed by atoms with van der Waals surface area (Å²) in [6, 6.07) is 7.16. The molecule has 31 heavy (non-hydrogen) atoms. The molecule has 2 saturated carbocycles. The smallest absolute Gasteiger partial charge is 0.321 e. The van der Waals surface area contributed by atoms with E-state index in [0.29, 0.717) is 49.8 Å². The zero-order valence-corrected chi connectivity index (χ0v) is 18.3. The molecule has 4 amide bonds. The maximum absolute atomic E-state index is 12.6. The number of urea groups is 1. The maximum Gasteiger partial charge on any atom is 0.321 e. The zero-order chi connectivity index (χ0) is 21.6. The summed E-state index contributed by atoms with van der Waals surface area (Å²) in [6.45, 7) is 2.28. The highest BCUT2D eigenvalue weighted by Crippen LogP contribution is 2.28. The summed E-state index contributed by atoms with van der Waals surface area (Å²) in [7, 11) is 0. The van der Waals surface area contributed by atoms with E-state index in [-0.39, 0.29) is 23.9 Å². The lowest BCUT2D eigenvalue weighted by Gasteiger charge is -2.35. The molecule has 3 fully saturated rings. The number of piperazine rings is 1. The van der Waals surface area contributed by atoms with Crippen molar-refractivity contribution in [3.05, 3.63) is 29.8 Å². The zero-order valence-electron chi connectivity index (χ0n) is 18.3. The Bertz CT molecular complexity index is 775. The van der Waals surface area contributed by atoms with Crippen molar-refractivity contribution < 1.29 is 14.4 Å². The lowest BCUT2D eigenvalue weighted by molar-refractivity contribution is -0.133. The van der Waals surface area contributed by atoms with Gasteiger partial charge in [-0.15, -0.1) is 0 Å². The lowest BCUT2D eigenvalue weighted by atomic mass is 10.0. The Morgan fingerprint density at radius 2 is 1.39 bits per heavy atom. The quantitative estimate of drug-likeness (QED) is 0.755. The molecule has 0 unspecified atom stereocenters. The van der Waals surface area contributed by atoms with Gasteiger partial charge in [0.1, 0.15) is 0 Å². The summed E-state index contributed by atoms with van der Waals surface area (Å²) >= 11 is 0. The van der Waals surface area contributed by atoms with Crippen LogP contribution in [0.2, 0.25) is 0 Å². The van der Waals surface area contributed by atoms with Crippen LogP contribution < -0.4 is 10.6 Å². The molecule has 2 aliphatic carbocycles. The molecule has 1 aliphatic heterocycles. The molecule has 7 nitrogen and oxygen atoms in total. The Labute approximate surface area is 184 Å². The third-order valence-electron chi connectivity index (χ3n) is 6.95. The largest absolute Gasteiger partial charge is 0.349 e. The Morgan fingerprint density at radius 1 is 0.806 bits per heavy atom. The van der Waals surface area contributed by atoms with E-state index in [0.717, 1.165) is 12.8 Å². The third kappa shape index (κ3) is 5.77. The highest BCUT2D eigenvalue weighted by atomic mass is 16.2. The van der Waals surface area contributed by atoms with E-state index in [4.69, 9.17) is 0 Å². The topological polar surface area (TPSA) is 81.8 Å². The van der Waals surface area contributed by atoms with E-state index < -0.39 is 0 Å². The summed E-state index contributed by atoms with van der Waals surface area (Å²) < 4.78 is 0. The maximum atomic E-state index is 12.6. The van der Waals surface area contributed by atoms with Crippen LogP contribution >= 0.6 is 0 Å². The number of anilines is 1. The van der Waals surface area contributed by atoms with Gasteiger partial charge >= 0.3 is 6.03 Å². The average Bonchev–Trinajstić information content (AvgIpc) is 3.49. The monoisotopic (exact) mass is 426 g/mol. The number of hydrogen-bond acceptors (Lipinski definition) is 3. The summed E-state index contributed by atoms with van der Waals surface area (Å²) in [5.74, 6) is 0.735. The summed E-state index contributed by atoms with van der Waals surface area (Å²) in [5, 5.41) is 5.98. The van der Waals surface area contributed by atoms with Crippen molar-refractivity contribution in [3.8, 4) is 0 Å². The van der Waals surface area contributed by atoms with Gasteiger partial charge in [0.2, 0.25) is 5.91 Å². The van der Waals surface area contributed by atoms with Gasteiger partial charge in [-0.3, -0.25) is 9.59 Å². The van der Waals surface area contributed by atoms with Gasteiger partial charge in [-0.2, -0.15) is 0 Å². The first-order valence-corrected chi connectivity index (χ1v) is 11.8. The predicted octanol–water partition coefficient (Wildman–Crippen LogP) is 3.62. The van der Waals surface area contributed by atoms with Gasteiger partial charge in [0.15, 0.2) is 0 Å². The molecule has 0 spiro atoms. The molecule has 0 bridgehead atoms. The van der Waals surface area contributed by atoms with Crippen molar-refractivity contribution in [2.45, 2.75) is 63.8 Å². The van der Waals surface area contributed by atoms with E-state index in [1.165, 1.54) is 38.5 Å². The van der Waals surface area contributed by atoms with E-state index in [1.54, 1.807) is 29.2 Å². The molecule has 1 saturated heterocycles. The molecule has 1 aromatic carbocycles. The van der Waals surface area contributed by atoms with E-state index in [9.17, 15) is 14.4 Å². The highest BCUT2D eigenvalue weighted by molar-refractivity contribution is 5.95. The Morgan fingerprint density at radius 3 is 2.03 bits per heavy atom. The van der Waals surface area contributed by atoms with Gasteiger partial charge in [0.25, 0.3) is 5.91 Å². The van der Waals surface area contributed by atoms with Crippen molar-refractivity contribution >= 4 is 23.5 Å². The molecule has 3 aliphatic rings. The summed E-state index contributed by atoms with van der Waals surface area (Å²) in [5.41, 5.74) is 1.28. The number of carbonyl (C=O) groups excluding carboxylic acids is 3. The second kappa shape index (κ2) is 10.2. The number of carbonyl (C=O) groups is 3. The first-order chi connectivity index (χ1) is 15.1. The van der Waals surface area contributed by atoms with Gasteiger partial charge in [0.05, 0.1) is 0 Å². The van der Waals surface area contributed by atoms with E-state index in [2.05, 4.69) is 10.6 Å². The summed E-state index contributed by atoms with van der Waals surface area (Å²) in [4.78, 5) is 41.1. The molecule has 0 aromatic heterocycles. The number of nitrogens with one attached hydrogen (secondary N) is 2. The number of nitrogens with zero attached hydrogens (tertiary/aromatic N) is 2. The molecular formula is C24H34N4O3. The van der Waals surface area contributed by atoms with Crippen LogP contribution in [0.5, 0.6) is 0 Å². The van der Waals surface area contributed by atoms with Gasteiger partial charge in [-0.25, -0.2) is 4.79 Å². The van der Waals surface area contributed by atoms with Crippen molar-refractivity contribution in [2.24, 2.45) is 5.92 Å². The standard InChI is InChI=1S/C24H34N4O3/c29-22(17-18-5-1-2-6-18)27-13-15-28(16-14-27)24(31)26-21-11-9-19(10-12-21)23(30)25-20-7-3-4-8-20/h9-12,18,20H,1-8,13-17H2,(H,25,30)(H,26,31). The van der Waals surface area contributed by atoms with Crippen LogP contribution in [0.25, 0.3) is 0 Å². The van der Waals surface area contributed by atoms with Crippen molar-refractivity contribution in [3.63, 3.8) is 0 Å². The van der Waals surface area contributed by atoms with Gasteiger partial charge < -0.3 is 20.4 Å². The molecule has 0 atom stereocenters. The van der Waals surface area contributed by atoms with E-state index in [1.807, 2.05) is 4.90 Å². The van der Waals surface area contributed by atoms with Crippen LogP contribution in [0.15, 0.2) is 24.3 Å². The van der Waals surface area contributed by atoms with Gasteiger partial charge in [0, 0.05) is 49.9 Å². The minimum absolute atomic E-state index is 0.0526. The van der Waals surface area contributed by atoms with Crippen molar-refractivity contribution in [1.29, 1.82) is 0 Å². The second-order valence-electron chi connectivity index (χ2n) is 9.18. The van der Waals surface area contributed by atoms with Crippen LogP contribution in [0.4, 0.5) is 10.5 Å². The molecular weight excluding hydrogens is 392 g/mol. The first-order valence-electron chi connectivity index (χ1n) is 11.8. The number of benzene rings is 1.